The van der Waals surface area contributed by atoms with E-state index in [1.165, 1.54) is 11.1 Å². The molecule has 5 heteroatoms. The lowest BCUT2D eigenvalue weighted by molar-refractivity contribution is 0.143. The monoisotopic (exact) mass is 430 g/mol. The zero-order valence-corrected chi connectivity index (χ0v) is 18.5. The van der Waals surface area contributed by atoms with Crippen molar-refractivity contribution in [2.75, 3.05) is 18.4 Å². The fraction of sp³-hybridized carbons (Fsp3) is 0.308. The minimum atomic E-state index is 0.250. The maximum atomic E-state index is 9.00. The summed E-state index contributed by atoms with van der Waals surface area (Å²) in [6.07, 6.45) is 2.72. The van der Waals surface area contributed by atoms with Crippen LogP contribution in [0.2, 0.25) is 5.02 Å². The number of nitrogens with one attached hydrogen (secondary N) is 1. The molecule has 1 aliphatic heterocycles. The summed E-state index contributed by atoms with van der Waals surface area (Å²) in [5.74, 6) is 1.68. The molecule has 0 spiro atoms. The van der Waals surface area contributed by atoms with E-state index in [0.29, 0.717) is 17.4 Å². The Kier molecular flexibility index (Phi) is 6.86. The van der Waals surface area contributed by atoms with Crippen molar-refractivity contribution in [1.29, 1.82) is 5.26 Å². The van der Waals surface area contributed by atoms with Crippen LogP contribution in [0.15, 0.2) is 72.9 Å². The van der Waals surface area contributed by atoms with E-state index in [2.05, 4.69) is 70.7 Å². The van der Waals surface area contributed by atoms with Gasteiger partial charge in [-0.1, -0.05) is 54.1 Å². The molecule has 2 heterocycles. The number of nitriles is 1. The molecule has 4 nitrogen and oxygen atoms in total. The summed E-state index contributed by atoms with van der Waals surface area (Å²) in [5.41, 5.74) is 3.25. The molecule has 2 aromatic carbocycles. The molecule has 1 aliphatic rings. The minimum absolute atomic E-state index is 0.250. The SMILES string of the molecule is CC(Nc1ccc(C#N)cn1)C1CCN(Cc2ccccc2)CC1c1ccc(Cl)cc1. The van der Waals surface area contributed by atoms with Crippen LogP contribution >= 0.6 is 11.6 Å². The average molecular weight is 431 g/mol. The third-order valence-electron chi connectivity index (χ3n) is 6.21. The van der Waals surface area contributed by atoms with Crippen molar-refractivity contribution < 1.29 is 0 Å². The van der Waals surface area contributed by atoms with E-state index in [-0.39, 0.29) is 6.04 Å². The summed E-state index contributed by atoms with van der Waals surface area (Å²) in [4.78, 5) is 6.96. The van der Waals surface area contributed by atoms with Crippen LogP contribution < -0.4 is 5.32 Å². The molecule has 31 heavy (non-hydrogen) atoms. The summed E-state index contributed by atoms with van der Waals surface area (Å²) in [5, 5.41) is 13.3. The molecule has 1 aromatic heterocycles. The first-order chi connectivity index (χ1) is 15.1. The molecule has 3 aromatic rings. The number of piperidine rings is 1. The van der Waals surface area contributed by atoms with Gasteiger partial charge in [0.1, 0.15) is 11.9 Å². The predicted molar refractivity (Wildman–Crippen MR) is 126 cm³/mol. The summed E-state index contributed by atoms with van der Waals surface area (Å²) < 4.78 is 0. The number of likely N-dealkylation sites (tertiary alicyclic amines) is 1. The Morgan fingerprint density at radius 1 is 1.13 bits per heavy atom. The molecule has 0 amide bonds. The number of nitrogens with zero attached hydrogens (tertiary/aromatic N) is 3. The highest BCUT2D eigenvalue weighted by molar-refractivity contribution is 6.30. The quantitative estimate of drug-likeness (QED) is 0.543. The molecule has 158 valence electrons. The maximum absolute atomic E-state index is 9.00. The standard InChI is InChI=1S/C26H27ClN4/c1-19(30-26-12-7-21(15-28)16-29-26)24-13-14-31(17-20-5-3-2-4-6-20)18-25(24)22-8-10-23(27)11-9-22/h2-12,16,19,24-25H,13-14,17-18H2,1H3,(H,29,30). The van der Waals surface area contributed by atoms with Crippen molar-refractivity contribution in [2.45, 2.75) is 31.8 Å². The molecule has 3 unspecified atom stereocenters. The van der Waals surface area contributed by atoms with Gasteiger partial charge in [0.05, 0.1) is 5.56 Å². The Bertz CT molecular complexity index is 1010. The van der Waals surface area contributed by atoms with Crippen LogP contribution in [-0.4, -0.2) is 29.0 Å². The Morgan fingerprint density at radius 3 is 2.58 bits per heavy atom. The number of halogens is 1. The normalized spacial score (nSPS) is 20.0. The van der Waals surface area contributed by atoms with Crippen LogP contribution in [0, 0.1) is 17.2 Å². The lowest BCUT2D eigenvalue weighted by Gasteiger charge is -2.42. The Balaban J connectivity index is 1.52. The van der Waals surface area contributed by atoms with E-state index in [1.54, 1.807) is 12.3 Å². The van der Waals surface area contributed by atoms with E-state index >= 15 is 0 Å². The van der Waals surface area contributed by atoms with Crippen molar-refractivity contribution in [3.63, 3.8) is 0 Å². The molecular weight excluding hydrogens is 404 g/mol. The fourth-order valence-corrected chi connectivity index (χ4v) is 4.70. The molecule has 0 radical (unpaired) electrons. The number of benzene rings is 2. The average Bonchev–Trinajstić information content (AvgIpc) is 2.81. The third kappa shape index (κ3) is 5.44. The van der Waals surface area contributed by atoms with Gasteiger partial charge in [-0.15, -0.1) is 0 Å². The van der Waals surface area contributed by atoms with Gasteiger partial charge < -0.3 is 5.32 Å². The van der Waals surface area contributed by atoms with E-state index < -0.39 is 0 Å². The Morgan fingerprint density at radius 2 is 1.90 bits per heavy atom. The molecule has 3 atom stereocenters. The number of hydrogen-bond donors (Lipinski definition) is 1. The maximum Gasteiger partial charge on any atom is 0.126 e. The van der Waals surface area contributed by atoms with Crippen molar-refractivity contribution in [3.05, 3.63) is 94.6 Å². The molecule has 4 rings (SSSR count). The van der Waals surface area contributed by atoms with Crippen molar-refractivity contribution >= 4 is 17.4 Å². The lowest BCUT2D eigenvalue weighted by atomic mass is 9.77. The van der Waals surface area contributed by atoms with Crippen LogP contribution in [0.4, 0.5) is 5.82 Å². The highest BCUT2D eigenvalue weighted by Crippen LogP contribution is 2.36. The first-order valence-electron chi connectivity index (χ1n) is 10.8. The van der Waals surface area contributed by atoms with Gasteiger partial charge in [0.25, 0.3) is 0 Å². The predicted octanol–water partition coefficient (Wildman–Crippen LogP) is 5.71. The zero-order valence-electron chi connectivity index (χ0n) is 17.7. The second-order valence-corrected chi connectivity index (χ2v) is 8.74. The van der Waals surface area contributed by atoms with Gasteiger partial charge in [-0.25, -0.2) is 4.98 Å². The highest BCUT2D eigenvalue weighted by atomic mass is 35.5. The summed E-state index contributed by atoms with van der Waals surface area (Å²) in [6, 6.07) is 25.1. The molecule has 0 saturated carbocycles. The van der Waals surface area contributed by atoms with Crippen LogP contribution in [0.5, 0.6) is 0 Å². The minimum Gasteiger partial charge on any atom is -0.367 e. The van der Waals surface area contributed by atoms with Crippen molar-refractivity contribution in [2.24, 2.45) is 5.92 Å². The Hall–Kier alpha value is -2.87. The number of rotatable bonds is 6. The number of aromatic nitrogens is 1. The van der Waals surface area contributed by atoms with Gasteiger partial charge in [-0.05, 0) is 61.2 Å². The second kappa shape index (κ2) is 9.96. The topological polar surface area (TPSA) is 52.0 Å². The summed E-state index contributed by atoms with van der Waals surface area (Å²) >= 11 is 6.16. The smallest absolute Gasteiger partial charge is 0.126 e. The van der Waals surface area contributed by atoms with E-state index in [9.17, 15) is 0 Å². The largest absolute Gasteiger partial charge is 0.367 e. The summed E-state index contributed by atoms with van der Waals surface area (Å²) in [6.45, 7) is 5.28. The van der Waals surface area contributed by atoms with E-state index in [4.69, 9.17) is 16.9 Å². The van der Waals surface area contributed by atoms with E-state index in [0.717, 1.165) is 36.9 Å². The number of hydrogen-bond acceptors (Lipinski definition) is 4. The van der Waals surface area contributed by atoms with Gasteiger partial charge in [0, 0.05) is 36.3 Å². The van der Waals surface area contributed by atoms with Crippen LogP contribution in [0.3, 0.4) is 0 Å². The van der Waals surface area contributed by atoms with Crippen molar-refractivity contribution in [3.8, 4) is 6.07 Å². The molecule has 1 saturated heterocycles. The highest BCUT2D eigenvalue weighted by Gasteiger charge is 2.34. The van der Waals surface area contributed by atoms with Gasteiger partial charge >= 0.3 is 0 Å². The number of pyridine rings is 1. The van der Waals surface area contributed by atoms with Crippen LogP contribution in [-0.2, 0) is 6.54 Å². The molecule has 1 N–H and O–H groups in total. The molecule has 0 aliphatic carbocycles. The van der Waals surface area contributed by atoms with Crippen LogP contribution in [0.25, 0.3) is 0 Å². The number of anilines is 1. The second-order valence-electron chi connectivity index (χ2n) is 8.31. The Labute approximate surface area is 189 Å². The first kappa shape index (κ1) is 21.4. The van der Waals surface area contributed by atoms with Gasteiger partial charge in [-0.3, -0.25) is 4.90 Å². The van der Waals surface area contributed by atoms with Gasteiger partial charge in [-0.2, -0.15) is 5.26 Å². The van der Waals surface area contributed by atoms with E-state index in [1.807, 2.05) is 18.2 Å². The molecule has 0 bridgehead atoms. The molecular formula is C26H27ClN4. The lowest BCUT2D eigenvalue weighted by Crippen LogP contribution is -2.44. The van der Waals surface area contributed by atoms with Crippen molar-refractivity contribution in [1.82, 2.24) is 9.88 Å². The zero-order chi connectivity index (χ0) is 21.6. The first-order valence-corrected chi connectivity index (χ1v) is 11.1. The third-order valence-corrected chi connectivity index (χ3v) is 6.46. The van der Waals surface area contributed by atoms with Gasteiger partial charge in [0.2, 0.25) is 0 Å². The molecule has 1 fully saturated rings. The fourth-order valence-electron chi connectivity index (χ4n) is 4.57. The van der Waals surface area contributed by atoms with Gasteiger partial charge in [0.15, 0.2) is 0 Å². The summed E-state index contributed by atoms with van der Waals surface area (Å²) in [7, 11) is 0. The van der Waals surface area contributed by atoms with Crippen LogP contribution in [0.1, 0.15) is 36.0 Å².